The van der Waals surface area contributed by atoms with Crippen molar-refractivity contribution >= 4 is 29.1 Å². The van der Waals surface area contributed by atoms with E-state index in [-0.39, 0.29) is 24.1 Å². The van der Waals surface area contributed by atoms with Gasteiger partial charge >= 0.3 is 0 Å². The lowest BCUT2D eigenvalue weighted by atomic mass is 10.1. The summed E-state index contributed by atoms with van der Waals surface area (Å²) in [4.78, 5) is 24.8. The van der Waals surface area contributed by atoms with Crippen LogP contribution in [-0.4, -0.2) is 37.3 Å². The first-order valence-electron chi connectivity index (χ1n) is 7.81. The maximum absolute atomic E-state index is 12.4. The summed E-state index contributed by atoms with van der Waals surface area (Å²) in [5.41, 5.74) is 1.07. The molecular weight excluding hydrogens is 342 g/mol. The van der Waals surface area contributed by atoms with Gasteiger partial charge in [0, 0.05) is 10.5 Å². The van der Waals surface area contributed by atoms with Crippen LogP contribution in [0.3, 0.4) is 0 Å². The first-order valence-corrected chi connectivity index (χ1v) is 8.80. The SMILES string of the molecule is O=C1COc2ccc(C(=O)CSc3ccc4c(c3)OCCO4)cc2N1. The number of rotatable bonds is 4. The first kappa shape index (κ1) is 15.8. The summed E-state index contributed by atoms with van der Waals surface area (Å²) in [6, 6.07) is 10.7. The van der Waals surface area contributed by atoms with Gasteiger partial charge in [0.25, 0.3) is 5.91 Å². The molecule has 1 N–H and O–H groups in total. The van der Waals surface area contributed by atoms with E-state index in [0.29, 0.717) is 36.0 Å². The molecular formula is C18H15NO5S. The average Bonchev–Trinajstić information content (AvgIpc) is 2.65. The van der Waals surface area contributed by atoms with E-state index in [1.54, 1.807) is 18.2 Å². The fourth-order valence-electron chi connectivity index (χ4n) is 2.60. The molecule has 0 atom stereocenters. The van der Waals surface area contributed by atoms with Crippen molar-refractivity contribution in [3.63, 3.8) is 0 Å². The monoisotopic (exact) mass is 357 g/mol. The van der Waals surface area contributed by atoms with Crippen LogP contribution in [0.25, 0.3) is 0 Å². The Kier molecular flexibility index (Phi) is 4.23. The Bertz CT molecular complexity index is 851. The Hall–Kier alpha value is -2.67. The lowest BCUT2D eigenvalue weighted by Crippen LogP contribution is -2.25. The number of carbonyl (C=O) groups is 2. The summed E-state index contributed by atoms with van der Waals surface area (Å²) >= 11 is 1.43. The highest BCUT2D eigenvalue weighted by Crippen LogP contribution is 2.34. The molecule has 0 bridgehead atoms. The van der Waals surface area contributed by atoms with Crippen molar-refractivity contribution in [2.45, 2.75) is 4.90 Å². The number of Topliss-reactive ketones (excluding diaryl/α,β-unsaturated/α-hetero) is 1. The number of fused-ring (bicyclic) bond motifs is 2. The van der Waals surface area contributed by atoms with Crippen LogP contribution in [-0.2, 0) is 4.79 Å². The predicted octanol–water partition coefficient (Wildman–Crippen LogP) is 2.76. The van der Waals surface area contributed by atoms with E-state index in [1.165, 1.54) is 11.8 Å². The van der Waals surface area contributed by atoms with Gasteiger partial charge in [-0.1, -0.05) is 0 Å². The third kappa shape index (κ3) is 3.41. The Labute approximate surface area is 148 Å². The Morgan fingerprint density at radius 3 is 2.68 bits per heavy atom. The molecule has 2 aliphatic heterocycles. The van der Waals surface area contributed by atoms with Gasteiger partial charge in [-0.2, -0.15) is 0 Å². The summed E-state index contributed by atoms with van der Waals surface area (Å²) in [6.07, 6.45) is 0. The maximum Gasteiger partial charge on any atom is 0.262 e. The Morgan fingerprint density at radius 2 is 1.80 bits per heavy atom. The molecule has 0 unspecified atom stereocenters. The normalized spacial score (nSPS) is 15.0. The minimum absolute atomic E-state index is 0.000257. The largest absolute Gasteiger partial charge is 0.486 e. The van der Waals surface area contributed by atoms with Gasteiger partial charge in [-0.05, 0) is 36.4 Å². The van der Waals surface area contributed by atoms with Crippen molar-refractivity contribution in [1.82, 2.24) is 0 Å². The van der Waals surface area contributed by atoms with Gasteiger partial charge in [-0.3, -0.25) is 9.59 Å². The van der Waals surface area contributed by atoms with Gasteiger partial charge in [0.05, 0.1) is 11.4 Å². The van der Waals surface area contributed by atoms with Crippen LogP contribution in [0.4, 0.5) is 5.69 Å². The molecule has 6 nitrogen and oxygen atoms in total. The molecule has 0 aliphatic carbocycles. The van der Waals surface area contributed by atoms with Crippen LogP contribution >= 0.6 is 11.8 Å². The molecule has 0 saturated heterocycles. The number of ether oxygens (including phenoxy) is 3. The van der Waals surface area contributed by atoms with Crippen molar-refractivity contribution in [2.24, 2.45) is 0 Å². The van der Waals surface area contributed by atoms with E-state index in [0.717, 1.165) is 10.6 Å². The van der Waals surface area contributed by atoms with E-state index in [4.69, 9.17) is 14.2 Å². The third-order valence-corrected chi connectivity index (χ3v) is 4.81. The van der Waals surface area contributed by atoms with Crippen molar-refractivity contribution in [3.8, 4) is 17.2 Å². The lowest BCUT2D eigenvalue weighted by molar-refractivity contribution is -0.118. The van der Waals surface area contributed by atoms with E-state index in [1.807, 2.05) is 18.2 Å². The van der Waals surface area contributed by atoms with Gasteiger partial charge in [0.1, 0.15) is 19.0 Å². The molecule has 0 radical (unpaired) electrons. The standard InChI is InChI=1S/C18H15NO5S/c20-14(11-1-3-15-13(7-11)19-18(21)9-24-15)10-25-12-2-4-16-17(8-12)23-6-5-22-16/h1-4,7-8H,5-6,9-10H2,(H,19,21). The summed E-state index contributed by atoms with van der Waals surface area (Å²) < 4.78 is 16.3. The Morgan fingerprint density at radius 1 is 1.00 bits per heavy atom. The maximum atomic E-state index is 12.4. The van der Waals surface area contributed by atoms with Crippen LogP contribution in [0.15, 0.2) is 41.3 Å². The molecule has 2 aromatic carbocycles. The number of carbonyl (C=O) groups excluding carboxylic acids is 2. The average molecular weight is 357 g/mol. The molecule has 4 rings (SSSR count). The van der Waals surface area contributed by atoms with Crippen LogP contribution in [0.5, 0.6) is 17.2 Å². The van der Waals surface area contributed by atoms with Gasteiger partial charge in [-0.25, -0.2) is 0 Å². The molecule has 25 heavy (non-hydrogen) atoms. The van der Waals surface area contributed by atoms with Crippen LogP contribution in [0.2, 0.25) is 0 Å². The predicted molar refractivity (Wildman–Crippen MR) is 93.1 cm³/mol. The number of hydrogen-bond donors (Lipinski definition) is 1. The van der Waals surface area contributed by atoms with Gasteiger partial charge in [-0.15, -0.1) is 11.8 Å². The van der Waals surface area contributed by atoms with E-state index in [9.17, 15) is 9.59 Å². The van der Waals surface area contributed by atoms with Gasteiger partial charge < -0.3 is 19.5 Å². The van der Waals surface area contributed by atoms with E-state index >= 15 is 0 Å². The van der Waals surface area contributed by atoms with Crippen molar-refractivity contribution in [2.75, 3.05) is 30.9 Å². The summed E-state index contributed by atoms with van der Waals surface area (Å²) in [7, 11) is 0. The second-order valence-corrected chi connectivity index (χ2v) is 6.61. The Balaban J connectivity index is 1.44. The van der Waals surface area contributed by atoms with E-state index < -0.39 is 0 Å². The number of thioether (sulfide) groups is 1. The topological polar surface area (TPSA) is 73.9 Å². The number of nitrogens with one attached hydrogen (secondary N) is 1. The third-order valence-electron chi connectivity index (χ3n) is 3.82. The fourth-order valence-corrected chi connectivity index (χ4v) is 3.42. The summed E-state index contributed by atoms with van der Waals surface area (Å²) in [6.45, 7) is 1.08. The number of ketones is 1. The highest BCUT2D eigenvalue weighted by atomic mass is 32.2. The van der Waals surface area contributed by atoms with Crippen molar-refractivity contribution in [1.29, 1.82) is 0 Å². The number of anilines is 1. The quantitative estimate of drug-likeness (QED) is 0.670. The van der Waals surface area contributed by atoms with Crippen molar-refractivity contribution in [3.05, 3.63) is 42.0 Å². The zero-order valence-corrected chi connectivity index (χ0v) is 14.1. The molecule has 2 heterocycles. The van der Waals surface area contributed by atoms with Crippen LogP contribution in [0, 0.1) is 0 Å². The smallest absolute Gasteiger partial charge is 0.262 e. The second-order valence-electron chi connectivity index (χ2n) is 5.57. The van der Waals surface area contributed by atoms with Crippen LogP contribution < -0.4 is 19.5 Å². The minimum atomic E-state index is -0.220. The molecule has 7 heteroatoms. The molecule has 0 spiro atoms. The van der Waals surface area contributed by atoms with Crippen LogP contribution in [0.1, 0.15) is 10.4 Å². The molecule has 128 valence electrons. The lowest BCUT2D eigenvalue weighted by Gasteiger charge is -2.19. The van der Waals surface area contributed by atoms with Crippen molar-refractivity contribution < 1.29 is 23.8 Å². The number of benzene rings is 2. The zero-order chi connectivity index (χ0) is 17.2. The van der Waals surface area contributed by atoms with Gasteiger partial charge in [0.15, 0.2) is 23.9 Å². The fraction of sp³-hybridized carbons (Fsp3) is 0.222. The number of hydrogen-bond acceptors (Lipinski definition) is 6. The molecule has 0 fully saturated rings. The second kappa shape index (κ2) is 6.68. The summed E-state index contributed by atoms with van der Waals surface area (Å²) in [5, 5.41) is 2.71. The van der Waals surface area contributed by atoms with E-state index in [2.05, 4.69) is 5.32 Å². The summed E-state index contributed by atoms with van der Waals surface area (Å²) in [5.74, 6) is 2.05. The molecule has 0 aromatic heterocycles. The molecule has 2 aromatic rings. The number of amides is 1. The molecule has 2 aliphatic rings. The molecule has 1 amide bonds. The first-order chi connectivity index (χ1) is 12.2. The molecule has 0 saturated carbocycles. The zero-order valence-electron chi connectivity index (χ0n) is 13.2. The highest BCUT2D eigenvalue weighted by molar-refractivity contribution is 8.00. The van der Waals surface area contributed by atoms with Gasteiger partial charge in [0.2, 0.25) is 0 Å². The minimum Gasteiger partial charge on any atom is -0.486 e. The highest BCUT2D eigenvalue weighted by Gasteiger charge is 2.18.